The highest BCUT2D eigenvalue weighted by Gasteiger charge is 2.12. The molecule has 47 heavy (non-hydrogen) atoms. The summed E-state index contributed by atoms with van der Waals surface area (Å²) in [6.07, 6.45) is 0. The molecule has 0 atom stereocenters. The van der Waals surface area contributed by atoms with Crippen LogP contribution in [0.5, 0.6) is 0 Å². The third-order valence-corrected chi connectivity index (χ3v) is 9.17. The molecule has 2 aromatic heterocycles. The molecule has 0 fully saturated rings. The Morgan fingerprint density at radius 2 is 1.04 bits per heavy atom. The smallest absolute Gasteiger partial charge is 0.302 e. The second-order valence-electron chi connectivity index (χ2n) is 10.9. The summed E-state index contributed by atoms with van der Waals surface area (Å²) in [5.74, 6) is 0.666. The molecule has 0 saturated carbocycles. The van der Waals surface area contributed by atoms with Crippen LogP contribution in [0.1, 0.15) is 27.8 Å². The van der Waals surface area contributed by atoms with E-state index in [1.54, 1.807) is 13.8 Å². The van der Waals surface area contributed by atoms with E-state index in [0.29, 0.717) is 26.9 Å². The number of aromatic amines is 2. The molecule has 6 rings (SSSR count). The van der Waals surface area contributed by atoms with E-state index in [2.05, 4.69) is 52.9 Å². The summed E-state index contributed by atoms with van der Waals surface area (Å²) in [6.45, 7) is 3.94. The zero-order valence-electron chi connectivity index (χ0n) is 26.0. The van der Waals surface area contributed by atoms with Crippen molar-refractivity contribution in [2.24, 2.45) is 0 Å². The first kappa shape index (κ1) is 33.3. The number of nitrogens with one attached hydrogen (secondary N) is 2. The van der Waals surface area contributed by atoms with Crippen molar-refractivity contribution in [1.82, 2.24) is 19.1 Å². The molecule has 0 aliphatic carbocycles. The Bertz CT molecular complexity index is 2210. The molecular formula is C37H34N4O4S2. The molecule has 238 valence electrons. The predicted molar refractivity (Wildman–Crippen MR) is 192 cm³/mol. The normalized spacial score (nSPS) is 10.7. The summed E-state index contributed by atoms with van der Waals surface area (Å²) in [4.78, 5) is 54.4. The minimum atomic E-state index is -0.436. The van der Waals surface area contributed by atoms with Gasteiger partial charge < -0.3 is 9.97 Å². The van der Waals surface area contributed by atoms with E-state index in [-0.39, 0.29) is 29.9 Å². The fourth-order valence-corrected chi connectivity index (χ4v) is 6.04. The Kier molecular flexibility index (Phi) is 11.0. The number of nitrogens with zero attached hydrogens (tertiary/aromatic N) is 2. The molecule has 0 amide bonds. The lowest BCUT2D eigenvalue weighted by molar-refractivity contribution is 0.671. The van der Waals surface area contributed by atoms with Crippen LogP contribution in [0.25, 0.3) is 11.1 Å². The molecule has 2 N–H and O–H groups in total. The molecule has 6 aromatic rings. The molecule has 0 saturated heterocycles. The standard InChI is InChI=1S/C25H22N2O2S.C12H12N2O2S/c1-18-23(26-25(29)27(24(18)28)16-19-9-4-2-5-10-19)30-17-20-11-8-14-22(15-20)21-12-6-3-7-13-21;1-8-10(17)13-12(16)14(11(8)15)7-9-5-3-2-4-6-9/h2-15H,16-17H2,1H3,(H,26,29);2-6,17H,7H2,1H3,(H,13,16). The molecule has 2 heterocycles. The molecule has 0 bridgehead atoms. The van der Waals surface area contributed by atoms with Crippen LogP contribution in [0.15, 0.2) is 144 Å². The van der Waals surface area contributed by atoms with Gasteiger partial charge in [-0.3, -0.25) is 18.7 Å². The second-order valence-corrected chi connectivity index (χ2v) is 12.3. The lowest BCUT2D eigenvalue weighted by atomic mass is 10.0. The van der Waals surface area contributed by atoms with E-state index in [1.165, 1.54) is 20.9 Å². The minimum absolute atomic E-state index is 0.247. The molecule has 10 heteroatoms. The van der Waals surface area contributed by atoms with Crippen molar-refractivity contribution in [2.75, 3.05) is 0 Å². The first-order chi connectivity index (χ1) is 22.7. The molecule has 0 spiro atoms. The Morgan fingerprint density at radius 1 is 0.574 bits per heavy atom. The summed E-state index contributed by atoms with van der Waals surface area (Å²) >= 11 is 5.52. The van der Waals surface area contributed by atoms with E-state index in [0.717, 1.165) is 27.8 Å². The van der Waals surface area contributed by atoms with Crippen molar-refractivity contribution in [3.05, 3.63) is 185 Å². The largest absolute Gasteiger partial charge is 0.329 e. The van der Waals surface area contributed by atoms with Gasteiger partial charge in [-0.1, -0.05) is 115 Å². The Morgan fingerprint density at radius 3 is 1.62 bits per heavy atom. The number of thiol groups is 1. The van der Waals surface area contributed by atoms with Crippen molar-refractivity contribution < 1.29 is 0 Å². The lowest BCUT2D eigenvalue weighted by Gasteiger charge is -2.10. The van der Waals surface area contributed by atoms with E-state index >= 15 is 0 Å². The first-order valence-corrected chi connectivity index (χ1v) is 16.4. The first-order valence-electron chi connectivity index (χ1n) is 14.9. The number of hydrogen-bond acceptors (Lipinski definition) is 6. The van der Waals surface area contributed by atoms with E-state index in [1.807, 2.05) is 84.9 Å². The number of rotatable bonds is 8. The molecular weight excluding hydrogens is 629 g/mol. The summed E-state index contributed by atoms with van der Waals surface area (Å²) < 4.78 is 2.43. The van der Waals surface area contributed by atoms with Crippen LogP contribution in [0.2, 0.25) is 0 Å². The topological polar surface area (TPSA) is 110 Å². The number of H-pyrrole nitrogens is 2. The fourth-order valence-electron chi connectivity index (χ4n) is 4.90. The minimum Gasteiger partial charge on any atom is -0.302 e. The van der Waals surface area contributed by atoms with Crippen molar-refractivity contribution in [2.45, 2.75) is 42.7 Å². The highest BCUT2D eigenvalue weighted by Crippen LogP contribution is 2.25. The van der Waals surface area contributed by atoms with Crippen LogP contribution in [0.4, 0.5) is 0 Å². The molecule has 0 aliphatic heterocycles. The third-order valence-electron chi connectivity index (χ3n) is 7.55. The van der Waals surface area contributed by atoms with Gasteiger partial charge in [0.15, 0.2) is 0 Å². The molecule has 8 nitrogen and oxygen atoms in total. The van der Waals surface area contributed by atoms with Gasteiger partial charge in [0.25, 0.3) is 11.1 Å². The Labute approximate surface area is 281 Å². The number of benzene rings is 4. The van der Waals surface area contributed by atoms with Crippen LogP contribution in [-0.4, -0.2) is 19.1 Å². The van der Waals surface area contributed by atoms with Crippen LogP contribution in [0.3, 0.4) is 0 Å². The molecule has 0 unspecified atom stereocenters. The van der Waals surface area contributed by atoms with E-state index < -0.39 is 5.69 Å². The fraction of sp³-hybridized carbons (Fsp3) is 0.135. The van der Waals surface area contributed by atoms with Crippen LogP contribution in [0, 0.1) is 13.8 Å². The molecule has 4 aromatic carbocycles. The van der Waals surface area contributed by atoms with Gasteiger partial charge in [-0.15, -0.1) is 24.4 Å². The SMILES string of the molecule is Cc1c(S)[nH]c(=O)n(Cc2ccccc2)c1=O.Cc1c(SCc2cccc(-c3ccccc3)c2)[nH]c(=O)n(Cc2ccccc2)c1=O. The zero-order valence-corrected chi connectivity index (χ0v) is 27.7. The maximum atomic E-state index is 12.8. The summed E-state index contributed by atoms with van der Waals surface area (Å²) in [5, 5.41) is 0.948. The van der Waals surface area contributed by atoms with Gasteiger partial charge in [-0.05, 0) is 41.7 Å². The van der Waals surface area contributed by atoms with Crippen LogP contribution < -0.4 is 22.5 Å². The van der Waals surface area contributed by atoms with Gasteiger partial charge in [-0.25, -0.2) is 9.59 Å². The monoisotopic (exact) mass is 662 g/mol. The highest BCUT2D eigenvalue weighted by molar-refractivity contribution is 7.98. The maximum Gasteiger partial charge on any atom is 0.329 e. The average Bonchev–Trinajstić information content (AvgIpc) is 3.10. The lowest BCUT2D eigenvalue weighted by Crippen LogP contribution is -2.37. The number of thioether (sulfide) groups is 1. The zero-order chi connectivity index (χ0) is 33.3. The van der Waals surface area contributed by atoms with Crippen molar-refractivity contribution >= 4 is 24.4 Å². The van der Waals surface area contributed by atoms with Gasteiger partial charge in [0, 0.05) is 16.9 Å². The maximum absolute atomic E-state index is 12.8. The summed E-state index contributed by atoms with van der Waals surface area (Å²) in [7, 11) is 0. The second kappa shape index (κ2) is 15.5. The predicted octanol–water partition coefficient (Wildman–Crippen LogP) is 6.03. The van der Waals surface area contributed by atoms with Gasteiger partial charge in [0.1, 0.15) is 0 Å². The van der Waals surface area contributed by atoms with Gasteiger partial charge in [0.2, 0.25) is 0 Å². The number of aromatic nitrogens is 4. The van der Waals surface area contributed by atoms with Crippen LogP contribution in [-0.2, 0) is 18.8 Å². The summed E-state index contributed by atoms with van der Waals surface area (Å²) in [6, 6.07) is 37.4. The molecule has 0 radical (unpaired) electrons. The van der Waals surface area contributed by atoms with Gasteiger partial charge in [0.05, 0.1) is 23.1 Å². The Hall–Kier alpha value is -5.06. The van der Waals surface area contributed by atoms with Crippen molar-refractivity contribution in [1.29, 1.82) is 0 Å². The molecule has 0 aliphatic rings. The summed E-state index contributed by atoms with van der Waals surface area (Å²) in [5.41, 5.74) is 4.92. The van der Waals surface area contributed by atoms with E-state index in [9.17, 15) is 19.2 Å². The van der Waals surface area contributed by atoms with Crippen molar-refractivity contribution in [3.63, 3.8) is 0 Å². The Balaban J connectivity index is 0.000000216. The van der Waals surface area contributed by atoms with Crippen molar-refractivity contribution in [3.8, 4) is 11.1 Å². The third kappa shape index (κ3) is 8.41. The quantitative estimate of drug-likeness (QED) is 0.105. The van der Waals surface area contributed by atoms with Gasteiger partial charge >= 0.3 is 11.4 Å². The highest BCUT2D eigenvalue weighted by atomic mass is 32.2. The van der Waals surface area contributed by atoms with Crippen LogP contribution >= 0.6 is 24.4 Å². The number of hydrogen-bond donors (Lipinski definition) is 3. The average molecular weight is 663 g/mol. The van der Waals surface area contributed by atoms with Gasteiger partial charge in [-0.2, -0.15) is 0 Å². The van der Waals surface area contributed by atoms with E-state index in [4.69, 9.17) is 0 Å².